The summed E-state index contributed by atoms with van der Waals surface area (Å²) in [6.45, 7) is 4.23. The maximum atomic E-state index is 9.03. The zero-order valence-electron chi connectivity index (χ0n) is 11.4. The lowest BCUT2D eigenvalue weighted by Gasteiger charge is -2.23. The summed E-state index contributed by atoms with van der Waals surface area (Å²) in [5, 5.41) is 9.53. The summed E-state index contributed by atoms with van der Waals surface area (Å²) in [5.74, 6) is 1.60. The van der Waals surface area contributed by atoms with E-state index in [2.05, 4.69) is 22.9 Å². The van der Waals surface area contributed by atoms with Crippen molar-refractivity contribution in [2.24, 2.45) is 5.92 Å². The molecule has 0 radical (unpaired) electrons. The number of hydrogen-bond donors (Lipinski definition) is 0. The molecule has 1 aromatic heterocycles. The van der Waals surface area contributed by atoms with Crippen LogP contribution in [0.1, 0.15) is 44.6 Å². The first-order chi connectivity index (χ1) is 9.26. The average Bonchev–Trinajstić information content (AvgIpc) is 2.65. The van der Waals surface area contributed by atoms with Crippen molar-refractivity contribution in [3.63, 3.8) is 0 Å². The fourth-order valence-electron chi connectivity index (χ4n) is 2.81. The molecule has 0 spiro atoms. The highest BCUT2D eigenvalue weighted by Gasteiger charge is 2.20. The Morgan fingerprint density at radius 1 is 1.47 bits per heavy atom. The molecule has 1 aliphatic heterocycles. The average molecular weight is 278 g/mol. The number of anilines is 1. The maximum Gasteiger partial charge on any atom is 0.148 e. The quantitative estimate of drug-likeness (QED) is 0.838. The van der Waals surface area contributed by atoms with Gasteiger partial charge in [-0.3, -0.25) is 0 Å². The third kappa shape index (κ3) is 3.39. The van der Waals surface area contributed by atoms with Gasteiger partial charge in [-0.15, -0.1) is 0 Å². The van der Waals surface area contributed by atoms with Gasteiger partial charge in [-0.05, 0) is 31.2 Å². The normalized spacial score (nSPS) is 19.8. The van der Waals surface area contributed by atoms with Gasteiger partial charge in [-0.25, -0.2) is 4.98 Å². The fourth-order valence-corrected chi connectivity index (χ4v) is 3.09. The van der Waals surface area contributed by atoms with Crippen LogP contribution in [0.5, 0.6) is 0 Å². The minimum absolute atomic E-state index is 0.499. The number of rotatable bonds is 3. The molecule has 3 nitrogen and oxygen atoms in total. The van der Waals surface area contributed by atoms with Crippen molar-refractivity contribution < 1.29 is 0 Å². The summed E-state index contributed by atoms with van der Waals surface area (Å²) in [7, 11) is 0. The molecule has 1 unspecified atom stereocenters. The Bertz CT molecular complexity index is 467. The number of nitrogens with zero attached hydrogens (tertiary/aromatic N) is 3. The van der Waals surface area contributed by atoms with Gasteiger partial charge in [0.1, 0.15) is 16.9 Å². The molecule has 4 heteroatoms. The predicted octanol–water partition coefficient (Wildman–Crippen LogP) is 4.01. The highest BCUT2D eigenvalue weighted by molar-refractivity contribution is 6.34. The van der Waals surface area contributed by atoms with Gasteiger partial charge in [0.2, 0.25) is 0 Å². The van der Waals surface area contributed by atoms with Gasteiger partial charge in [-0.2, -0.15) is 5.26 Å². The molecule has 0 bridgehead atoms. The monoisotopic (exact) mass is 277 g/mol. The number of hydrogen-bond acceptors (Lipinski definition) is 3. The van der Waals surface area contributed by atoms with Crippen LogP contribution in [-0.2, 0) is 0 Å². The molecule has 1 aliphatic rings. The van der Waals surface area contributed by atoms with E-state index in [1.54, 1.807) is 12.3 Å². The van der Waals surface area contributed by atoms with Crippen molar-refractivity contribution in [3.8, 4) is 6.07 Å². The van der Waals surface area contributed by atoms with E-state index in [1.165, 1.54) is 32.1 Å². The molecule has 2 heterocycles. The summed E-state index contributed by atoms with van der Waals surface area (Å²) in [6, 6.07) is 3.79. The standard InChI is InChI=1S/C15H20ClN3/c1-2-4-12-5-3-9-19(10-7-12)15-14(16)13(11-17)6-8-18-15/h6,8,12H,2-5,7,9-10H2,1H3. The van der Waals surface area contributed by atoms with E-state index < -0.39 is 0 Å². The van der Waals surface area contributed by atoms with Gasteiger partial charge in [0.05, 0.1) is 5.56 Å². The van der Waals surface area contributed by atoms with Crippen LogP contribution in [-0.4, -0.2) is 18.1 Å². The van der Waals surface area contributed by atoms with Crippen molar-refractivity contribution >= 4 is 17.4 Å². The van der Waals surface area contributed by atoms with Crippen LogP contribution in [0.2, 0.25) is 5.02 Å². The van der Waals surface area contributed by atoms with Crippen LogP contribution in [0, 0.1) is 17.2 Å². The molecule has 1 aromatic rings. The van der Waals surface area contributed by atoms with Crippen LogP contribution >= 0.6 is 11.6 Å². The molecule has 1 saturated heterocycles. The summed E-state index contributed by atoms with van der Waals surface area (Å²) in [6.07, 6.45) is 7.91. The van der Waals surface area contributed by atoms with Gasteiger partial charge >= 0.3 is 0 Å². The number of aromatic nitrogens is 1. The largest absolute Gasteiger partial charge is 0.355 e. The molecule has 0 aliphatic carbocycles. The van der Waals surface area contributed by atoms with Crippen LogP contribution in [0.15, 0.2) is 12.3 Å². The predicted molar refractivity (Wildman–Crippen MR) is 78.4 cm³/mol. The molecule has 19 heavy (non-hydrogen) atoms. The second-order valence-corrected chi connectivity index (χ2v) is 5.56. The second-order valence-electron chi connectivity index (χ2n) is 5.18. The maximum absolute atomic E-state index is 9.03. The lowest BCUT2D eigenvalue weighted by atomic mass is 9.96. The van der Waals surface area contributed by atoms with E-state index >= 15 is 0 Å². The van der Waals surface area contributed by atoms with Gasteiger partial charge < -0.3 is 4.90 Å². The van der Waals surface area contributed by atoms with Crippen LogP contribution in [0.25, 0.3) is 0 Å². The third-order valence-electron chi connectivity index (χ3n) is 3.84. The number of pyridine rings is 1. The second kappa shape index (κ2) is 6.77. The Morgan fingerprint density at radius 3 is 3.05 bits per heavy atom. The smallest absolute Gasteiger partial charge is 0.148 e. The number of nitriles is 1. The van der Waals surface area contributed by atoms with E-state index in [0.29, 0.717) is 10.6 Å². The minimum atomic E-state index is 0.499. The van der Waals surface area contributed by atoms with Crippen molar-refractivity contribution in [2.75, 3.05) is 18.0 Å². The van der Waals surface area contributed by atoms with Crippen molar-refractivity contribution in [2.45, 2.75) is 39.0 Å². The van der Waals surface area contributed by atoms with Gasteiger partial charge in [0, 0.05) is 19.3 Å². The molecule has 0 aromatic carbocycles. The first kappa shape index (κ1) is 14.1. The van der Waals surface area contributed by atoms with Crippen molar-refractivity contribution in [1.29, 1.82) is 5.26 Å². The van der Waals surface area contributed by atoms with Crippen LogP contribution in [0.4, 0.5) is 5.82 Å². The Balaban J connectivity index is 2.12. The highest BCUT2D eigenvalue weighted by atomic mass is 35.5. The SMILES string of the molecule is CCCC1CCCN(c2nccc(C#N)c2Cl)CC1. The van der Waals surface area contributed by atoms with Crippen molar-refractivity contribution in [3.05, 3.63) is 22.8 Å². The Morgan fingerprint density at radius 2 is 2.32 bits per heavy atom. The van der Waals surface area contributed by atoms with Crippen molar-refractivity contribution in [1.82, 2.24) is 4.98 Å². The molecule has 1 atom stereocenters. The first-order valence-corrected chi connectivity index (χ1v) is 7.43. The molecule has 102 valence electrons. The molecule has 0 saturated carbocycles. The fraction of sp³-hybridized carbons (Fsp3) is 0.600. The zero-order chi connectivity index (χ0) is 13.7. The van der Waals surface area contributed by atoms with Crippen LogP contribution in [0.3, 0.4) is 0 Å². The van der Waals surface area contributed by atoms with E-state index in [-0.39, 0.29) is 0 Å². The van der Waals surface area contributed by atoms with E-state index in [1.807, 2.05) is 0 Å². The first-order valence-electron chi connectivity index (χ1n) is 7.05. The van der Waals surface area contributed by atoms with Gasteiger partial charge in [-0.1, -0.05) is 31.4 Å². The molecular formula is C15H20ClN3. The number of halogens is 1. The summed E-state index contributed by atoms with van der Waals surface area (Å²) in [4.78, 5) is 6.60. The lowest BCUT2D eigenvalue weighted by Crippen LogP contribution is -2.25. The topological polar surface area (TPSA) is 39.9 Å². The Labute approximate surface area is 120 Å². The third-order valence-corrected chi connectivity index (χ3v) is 4.21. The molecular weight excluding hydrogens is 258 g/mol. The molecule has 0 N–H and O–H groups in total. The molecule has 0 amide bonds. The molecule has 2 rings (SSSR count). The van der Waals surface area contributed by atoms with Gasteiger partial charge in [0.15, 0.2) is 0 Å². The Hall–Kier alpha value is -1.27. The Kier molecular flexibility index (Phi) is 5.04. The van der Waals surface area contributed by atoms with E-state index in [4.69, 9.17) is 16.9 Å². The zero-order valence-corrected chi connectivity index (χ0v) is 12.2. The molecule has 1 fully saturated rings. The highest BCUT2D eigenvalue weighted by Crippen LogP contribution is 2.30. The van der Waals surface area contributed by atoms with E-state index in [0.717, 1.165) is 24.8 Å². The summed E-state index contributed by atoms with van der Waals surface area (Å²) in [5.41, 5.74) is 0.515. The minimum Gasteiger partial charge on any atom is -0.355 e. The van der Waals surface area contributed by atoms with Gasteiger partial charge in [0.25, 0.3) is 0 Å². The summed E-state index contributed by atoms with van der Waals surface area (Å²) >= 11 is 6.27. The van der Waals surface area contributed by atoms with Crippen LogP contribution < -0.4 is 4.90 Å². The summed E-state index contributed by atoms with van der Waals surface area (Å²) < 4.78 is 0. The lowest BCUT2D eigenvalue weighted by molar-refractivity contribution is 0.435. The van der Waals surface area contributed by atoms with E-state index in [9.17, 15) is 0 Å².